The van der Waals surface area contributed by atoms with E-state index in [1.807, 2.05) is 11.8 Å². The third kappa shape index (κ3) is 2.56. The molecule has 1 fully saturated rings. The first-order chi connectivity index (χ1) is 9.70. The van der Waals surface area contributed by atoms with Crippen LogP contribution in [0.1, 0.15) is 26.0 Å². The van der Waals surface area contributed by atoms with Crippen LogP contribution in [0.3, 0.4) is 0 Å². The van der Waals surface area contributed by atoms with E-state index in [2.05, 4.69) is 34.7 Å². The van der Waals surface area contributed by atoms with Crippen LogP contribution in [0.2, 0.25) is 0 Å². The lowest BCUT2D eigenvalue weighted by Crippen LogP contribution is -2.41. The zero-order valence-electron chi connectivity index (χ0n) is 12.1. The molecule has 6 heteroatoms. The lowest BCUT2D eigenvalue weighted by Gasteiger charge is -2.34. The van der Waals surface area contributed by atoms with Gasteiger partial charge < -0.3 is 10.6 Å². The summed E-state index contributed by atoms with van der Waals surface area (Å²) in [5, 5.41) is 2.10. The summed E-state index contributed by atoms with van der Waals surface area (Å²) in [6.45, 7) is 5.53. The molecule has 0 aromatic carbocycles. The molecule has 1 saturated heterocycles. The van der Waals surface area contributed by atoms with Crippen molar-refractivity contribution in [3.8, 4) is 0 Å². The number of aromatic nitrogens is 2. The normalized spacial score (nSPS) is 21.6. The van der Waals surface area contributed by atoms with Crippen LogP contribution in [-0.4, -0.2) is 39.5 Å². The summed E-state index contributed by atoms with van der Waals surface area (Å²) in [4.78, 5) is 8.43. The molecule has 0 radical (unpaired) electrons. The Bertz CT molecular complexity index is 577. The Hall–Kier alpha value is -0.720. The first-order valence-corrected chi connectivity index (χ1v) is 9.28. The molecule has 3 rings (SSSR count). The fraction of sp³-hybridized carbons (Fsp3) is 0.643. The van der Waals surface area contributed by atoms with Gasteiger partial charge in [0.25, 0.3) is 0 Å². The summed E-state index contributed by atoms with van der Waals surface area (Å²) in [6, 6.07) is 0.762. The van der Waals surface area contributed by atoms with Crippen LogP contribution in [0.25, 0.3) is 4.96 Å². The Morgan fingerprint density at radius 2 is 2.40 bits per heavy atom. The largest absolute Gasteiger partial charge is 0.351 e. The molecule has 20 heavy (non-hydrogen) atoms. The van der Waals surface area contributed by atoms with Crippen molar-refractivity contribution in [3.05, 3.63) is 17.3 Å². The van der Waals surface area contributed by atoms with E-state index in [1.165, 1.54) is 17.2 Å². The summed E-state index contributed by atoms with van der Waals surface area (Å²) in [5.41, 5.74) is 7.48. The number of thiazole rings is 1. The summed E-state index contributed by atoms with van der Waals surface area (Å²) in [7, 11) is 0. The smallest absolute Gasteiger partial charge is 0.195 e. The lowest BCUT2D eigenvalue weighted by atomic mass is 10.1. The van der Waals surface area contributed by atoms with Crippen molar-refractivity contribution in [1.82, 2.24) is 9.38 Å². The standard InChI is InChI=1S/C14H22N4S2/c1-3-11(15)8-12-13(16-14-18(12)5-7-20-14)17-4-6-19-9-10(17)2/h5,7,10-11H,3-4,6,8-9,15H2,1-2H3. The van der Waals surface area contributed by atoms with Crippen molar-refractivity contribution in [2.75, 3.05) is 23.0 Å². The highest BCUT2D eigenvalue weighted by Gasteiger charge is 2.26. The van der Waals surface area contributed by atoms with Gasteiger partial charge in [-0.2, -0.15) is 11.8 Å². The van der Waals surface area contributed by atoms with Gasteiger partial charge in [0.05, 0.1) is 5.69 Å². The lowest BCUT2D eigenvalue weighted by molar-refractivity contribution is 0.625. The van der Waals surface area contributed by atoms with E-state index in [1.54, 1.807) is 11.3 Å². The van der Waals surface area contributed by atoms with E-state index in [9.17, 15) is 0 Å². The van der Waals surface area contributed by atoms with Crippen LogP contribution in [0.15, 0.2) is 11.6 Å². The van der Waals surface area contributed by atoms with Crippen LogP contribution in [-0.2, 0) is 6.42 Å². The predicted octanol–water partition coefficient (Wildman–Crippen LogP) is 2.62. The molecule has 2 aromatic rings. The molecule has 3 heterocycles. The Balaban J connectivity index is 2.00. The topological polar surface area (TPSA) is 46.6 Å². The summed E-state index contributed by atoms with van der Waals surface area (Å²) < 4.78 is 2.23. The monoisotopic (exact) mass is 310 g/mol. The van der Waals surface area contributed by atoms with Crippen molar-refractivity contribution < 1.29 is 0 Å². The van der Waals surface area contributed by atoms with Crippen molar-refractivity contribution in [1.29, 1.82) is 0 Å². The molecule has 2 unspecified atom stereocenters. The molecule has 1 aliphatic rings. The highest BCUT2D eigenvalue weighted by atomic mass is 32.2. The first-order valence-electron chi connectivity index (χ1n) is 7.25. The minimum Gasteiger partial charge on any atom is -0.351 e. The van der Waals surface area contributed by atoms with Gasteiger partial charge in [-0.15, -0.1) is 11.3 Å². The third-order valence-electron chi connectivity index (χ3n) is 3.96. The number of fused-ring (bicyclic) bond motifs is 1. The van der Waals surface area contributed by atoms with E-state index in [0.29, 0.717) is 6.04 Å². The molecule has 0 aliphatic carbocycles. The quantitative estimate of drug-likeness (QED) is 0.943. The molecule has 2 aromatic heterocycles. The average Bonchev–Trinajstić information content (AvgIpc) is 3.02. The van der Waals surface area contributed by atoms with E-state index in [4.69, 9.17) is 10.7 Å². The zero-order valence-corrected chi connectivity index (χ0v) is 13.7. The Kier molecular flexibility index (Phi) is 4.23. The maximum Gasteiger partial charge on any atom is 0.195 e. The van der Waals surface area contributed by atoms with Crippen LogP contribution >= 0.6 is 23.1 Å². The molecule has 2 atom stereocenters. The molecule has 0 spiro atoms. The average molecular weight is 310 g/mol. The Labute approximate surface area is 128 Å². The van der Waals surface area contributed by atoms with Crippen LogP contribution < -0.4 is 10.6 Å². The van der Waals surface area contributed by atoms with Crippen LogP contribution in [0.5, 0.6) is 0 Å². The first kappa shape index (κ1) is 14.2. The summed E-state index contributed by atoms with van der Waals surface area (Å²) in [5.74, 6) is 3.53. The van der Waals surface area contributed by atoms with Crippen molar-refractivity contribution in [2.24, 2.45) is 5.73 Å². The van der Waals surface area contributed by atoms with Gasteiger partial charge in [-0.3, -0.25) is 4.40 Å². The molecular formula is C14H22N4S2. The van der Waals surface area contributed by atoms with E-state index in [0.717, 1.165) is 30.2 Å². The number of thioether (sulfide) groups is 1. The van der Waals surface area contributed by atoms with Gasteiger partial charge >= 0.3 is 0 Å². The highest BCUT2D eigenvalue weighted by molar-refractivity contribution is 7.99. The second kappa shape index (κ2) is 5.95. The number of hydrogen-bond acceptors (Lipinski definition) is 5. The van der Waals surface area contributed by atoms with Crippen LogP contribution in [0.4, 0.5) is 5.82 Å². The fourth-order valence-corrected chi connectivity index (χ4v) is 4.42. The number of nitrogens with two attached hydrogens (primary N) is 1. The Morgan fingerprint density at radius 3 is 3.15 bits per heavy atom. The molecule has 110 valence electrons. The van der Waals surface area contributed by atoms with Gasteiger partial charge in [0.1, 0.15) is 0 Å². The Morgan fingerprint density at radius 1 is 1.55 bits per heavy atom. The fourth-order valence-electron chi connectivity index (χ4n) is 2.68. The van der Waals surface area contributed by atoms with Gasteiger partial charge in [-0.25, -0.2) is 4.98 Å². The molecular weight excluding hydrogens is 288 g/mol. The maximum atomic E-state index is 6.20. The van der Waals surface area contributed by atoms with Gasteiger partial charge in [-0.05, 0) is 13.3 Å². The molecule has 0 amide bonds. The molecule has 1 aliphatic heterocycles. The minimum atomic E-state index is 0.211. The molecule has 2 N–H and O–H groups in total. The van der Waals surface area contributed by atoms with E-state index in [-0.39, 0.29) is 6.04 Å². The highest BCUT2D eigenvalue weighted by Crippen LogP contribution is 2.30. The number of anilines is 1. The maximum absolute atomic E-state index is 6.20. The van der Waals surface area contributed by atoms with E-state index < -0.39 is 0 Å². The van der Waals surface area contributed by atoms with Gasteiger partial charge in [0, 0.05) is 48.1 Å². The minimum absolute atomic E-state index is 0.211. The van der Waals surface area contributed by atoms with Gasteiger partial charge in [-0.1, -0.05) is 6.92 Å². The van der Waals surface area contributed by atoms with Gasteiger partial charge in [0.15, 0.2) is 10.8 Å². The van der Waals surface area contributed by atoms with E-state index >= 15 is 0 Å². The van der Waals surface area contributed by atoms with Crippen LogP contribution in [0, 0.1) is 0 Å². The number of imidazole rings is 1. The number of hydrogen-bond donors (Lipinski definition) is 1. The second-order valence-corrected chi connectivity index (χ2v) is 7.45. The molecule has 4 nitrogen and oxygen atoms in total. The summed E-state index contributed by atoms with van der Waals surface area (Å²) in [6.07, 6.45) is 4.03. The zero-order chi connectivity index (χ0) is 14.1. The van der Waals surface area contributed by atoms with Crippen molar-refractivity contribution in [3.63, 3.8) is 0 Å². The molecule has 0 bridgehead atoms. The number of rotatable bonds is 4. The third-order valence-corrected chi connectivity index (χ3v) is 5.91. The van der Waals surface area contributed by atoms with Crippen molar-refractivity contribution in [2.45, 2.75) is 38.8 Å². The number of nitrogens with zero attached hydrogens (tertiary/aromatic N) is 3. The predicted molar refractivity (Wildman–Crippen MR) is 89.2 cm³/mol. The molecule has 0 saturated carbocycles. The SMILES string of the molecule is CCC(N)Cc1c(N2CCSCC2C)nc2sccn12. The second-order valence-electron chi connectivity index (χ2n) is 5.43. The summed E-state index contributed by atoms with van der Waals surface area (Å²) >= 11 is 3.74. The van der Waals surface area contributed by atoms with Crippen molar-refractivity contribution >= 4 is 33.9 Å². The van der Waals surface area contributed by atoms with Gasteiger partial charge in [0.2, 0.25) is 0 Å².